The molecule has 0 fully saturated rings. The van der Waals surface area contributed by atoms with Gasteiger partial charge in [0.25, 0.3) is 5.88 Å². The first-order valence-corrected chi connectivity index (χ1v) is 7.52. The van der Waals surface area contributed by atoms with Crippen LogP contribution in [0.5, 0.6) is 5.88 Å². The van der Waals surface area contributed by atoms with E-state index in [2.05, 4.69) is 25.8 Å². The molecule has 0 bridgehead atoms. The maximum Gasteiger partial charge on any atom is 0.318 e. The number of amides is 2. The number of nitrogens with zero attached hydrogens (tertiary/aromatic N) is 3. The van der Waals surface area contributed by atoms with Crippen LogP contribution in [-0.4, -0.2) is 32.6 Å². The molecule has 4 rings (SSSR count). The van der Waals surface area contributed by atoms with E-state index in [0.29, 0.717) is 33.5 Å². The van der Waals surface area contributed by atoms with Crippen molar-refractivity contribution in [3.8, 4) is 17.3 Å². The van der Waals surface area contributed by atoms with Gasteiger partial charge in [-0.3, -0.25) is 4.40 Å². The third kappa shape index (κ3) is 1.95. The number of aryl methyl sites for hydroxylation is 1. The number of urea groups is 1. The zero-order chi connectivity index (χ0) is 17.7. The van der Waals surface area contributed by atoms with Gasteiger partial charge in [-0.15, -0.1) is 4.91 Å². The van der Waals surface area contributed by atoms with Gasteiger partial charge in [-0.2, -0.15) is 0 Å². The van der Waals surface area contributed by atoms with E-state index >= 15 is 0 Å². The van der Waals surface area contributed by atoms with Crippen LogP contribution < -0.4 is 10.6 Å². The average Bonchev–Trinajstić information content (AvgIpc) is 3.14. The molecule has 9 heteroatoms. The summed E-state index contributed by atoms with van der Waals surface area (Å²) in [5.41, 5.74) is 2.64. The SMILES string of the molecule is CNC(=O)Nc1cccc2c3nc(O)c4[nH]cc(C)n4c-3c(N=O)c12. The fourth-order valence-corrected chi connectivity index (χ4v) is 3.16. The highest BCUT2D eigenvalue weighted by Crippen LogP contribution is 2.48. The van der Waals surface area contributed by atoms with E-state index in [9.17, 15) is 14.8 Å². The number of nitrogens with one attached hydrogen (secondary N) is 3. The standard InChI is InChI=1S/C16H14N6O3/c1-7-6-18-14-15(23)20-11-8-4-3-5-9(19-16(24)17-2)10(8)12(21-25)13(11)22(7)14/h3-6,18,23H,1-2H3,(H2,17,19,24). The van der Waals surface area contributed by atoms with Gasteiger partial charge in [0.2, 0.25) is 0 Å². The van der Waals surface area contributed by atoms with E-state index in [1.54, 1.807) is 28.8 Å². The normalized spacial score (nSPS) is 11.3. The van der Waals surface area contributed by atoms with Crippen molar-refractivity contribution in [2.75, 3.05) is 12.4 Å². The van der Waals surface area contributed by atoms with Crippen LogP contribution >= 0.6 is 0 Å². The molecule has 2 aliphatic rings. The number of benzene rings is 1. The number of carbonyl (C=O) groups is 1. The summed E-state index contributed by atoms with van der Waals surface area (Å²) in [5, 5.41) is 19.7. The van der Waals surface area contributed by atoms with Gasteiger partial charge in [-0.25, -0.2) is 9.78 Å². The number of nitroso groups, excluding NO2 is 1. The summed E-state index contributed by atoms with van der Waals surface area (Å²) in [7, 11) is 1.50. The molecule has 1 aliphatic carbocycles. The highest BCUT2D eigenvalue weighted by molar-refractivity contribution is 6.17. The molecular formula is C16H14N6O3. The zero-order valence-corrected chi connectivity index (χ0v) is 13.4. The number of hydrogen-bond donors (Lipinski definition) is 4. The van der Waals surface area contributed by atoms with Gasteiger partial charge < -0.3 is 20.7 Å². The number of imidazole rings is 1. The molecule has 0 radical (unpaired) electrons. The predicted octanol–water partition coefficient (Wildman–Crippen LogP) is 3.08. The number of H-pyrrole nitrogens is 1. The van der Waals surface area contributed by atoms with Crippen LogP contribution in [0.25, 0.3) is 27.8 Å². The molecule has 2 amide bonds. The van der Waals surface area contributed by atoms with E-state index in [1.165, 1.54) is 7.05 Å². The van der Waals surface area contributed by atoms with Crippen LogP contribution in [0, 0.1) is 11.8 Å². The Morgan fingerprint density at radius 1 is 1.40 bits per heavy atom. The van der Waals surface area contributed by atoms with Crippen LogP contribution in [0.1, 0.15) is 5.69 Å². The third-order valence-electron chi connectivity index (χ3n) is 4.22. The van der Waals surface area contributed by atoms with E-state index < -0.39 is 6.03 Å². The number of aromatic nitrogens is 3. The van der Waals surface area contributed by atoms with Crippen LogP contribution in [0.3, 0.4) is 0 Å². The summed E-state index contributed by atoms with van der Waals surface area (Å²) in [6, 6.07) is 4.76. The molecule has 1 aromatic heterocycles. The van der Waals surface area contributed by atoms with Crippen LogP contribution in [0.4, 0.5) is 16.2 Å². The Labute approximate surface area is 141 Å². The molecular weight excluding hydrogens is 324 g/mol. The summed E-state index contributed by atoms with van der Waals surface area (Å²) in [4.78, 5) is 30.6. The maximum atomic E-state index is 11.7. The second kappa shape index (κ2) is 5.20. The predicted molar refractivity (Wildman–Crippen MR) is 93.6 cm³/mol. The Balaban J connectivity index is 2.20. The number of aromatic hydroxyl groups is 1. The minimum Gasteiger partial charge on any atom is -0.491 e. The first-order chi connectivity index (χ1) is 12.1. The lowest BCUT2D eigenvalue weighted by Crippen LogP contribution is -2.24. The van der Waals surface area contributed by atoms with Crippen LogP contribution in [0.2, 0.25) is 0 Å². The Hall–Kier alpha value is -3.62. The van der Waals surface area contributed by atoms with Gasteiger partial charge in [0, 0.05) is 29.7 Å². The summed E-state index contributed by atoms with van der Waals surface area (Å²) < 4.78 is 1.69. The van der Waals surface area contributed by atoms with Gasteiger partial charge in [-0.05, 0) is 18.2 Å². The Kier molecular flexibility index (Phi) is 3.11. The molecule has 0 spiro atoms. The fourth-order valence-electron chi connectivity index (χ4n) is 3.16. The highest BCUT2D eigenvalue weighted by atomic mass is 16.3. The fraction of sp³-hybridized carbons (Fsp3) is 0.125. The number of aromatic amines is 1. The minimum absolute atomic E-state index is 0.155. The van der Waals surface area contributed by atoms with Crippen molar-refractivity contribution < 1.29 is 9.90 Å². The number of hydrogen-bond acceptors (Lipinski definition) is 5. The summed E-state index contributed by atoms with van der Waals surface area (Å²) in [5.74, 6) is -0.186. The van der Waals surface area contributed by atoms with Gasteiger partial charge in [-0.1, -0.05) is 12.1 Å². The lowest BCUT2D eigenvalue weighted by Gasteiger charge is -2.07. The molecule has 2 aromatic rings. The topological polar surface area (TPSA) is 124 Å². The van der Waals surface area contributed by atoms with Crippen molar-refractivity contribution in [1.29, 1.82) is 0 Å². The largest absolute Gasteiger partial charge is 0.491 e. The molecule has 1 aliphatic heterocycles. The zero-order valence-electron chi connectivity index (χ0n) is 13.4. The minimum atomic E-state index is -0.416. The molecule has 0 unspecified atom stereocenters. The smallest absolute Gasteiger partial charge is 0.318 e. The number of fused-ring (bicyclic) bond motifs is 5. The van der Waals surface area contributed by atoms with Gasteiger partial charge in [0.15, 0.2) is 5.65 Å². The average molecular weight is 338 g/mol. The van der Waals surface area contributed by atoms with Crippen molar-refractivity contribution in [2.45, 2.75) is 6.92 Å². The molecule has 4 N–H and O–H groups in total. The number of anilines is 1. The van der Waals surface area contributed by atoms with Crippen LogP contribution in [-0.2, 0) is 0 Å². The summed E-state index contributed by atoms with van der Waals surface area (Å²) in [6.45, 7) is 1.83. The molecule has 25 heavy (non-hydrogen) atoms. The van der Waals surface area contributed by atoms with E-state index in [-0.39, 0.29) is 11.6 Å². The van der Waals surface area contributed by atoms with Gasteiger partial charge in [0.1, 0.15) is 17.1 Å². The second-order valence-corrected chi connectivity index (χ2v) is 5.62. The molecule has 0 atom stereocenters. The number of rotatable bonds is 2. The first-order valence-electron chi connectivity index (χ1n) is 7.52. The molecule has 2 heterocycles. The van der Waals surface area contributed by atoms with Crippen LogP contribution in [0.15, 0.2) is 29.6 Å². The maximum absolute atomic E-state index is 11.7. The van der Waals surface area contributed by atoms with Gasteiger partial charge in [0.05, 0.1) is 5.69 Å². The Bertz CT molecular complexity index is 1130. The van der Waals surface area contributed by atoms with Crippen molar-refractivity contribution >= 4 is 33.8 Å². The lowest BCUT2D eigenvalue weighted by atomic mass is 10.1. The van der Waals surface area contributed by atoms with Crippen molar-refractivity contribution in [3.63, 3.8) is 0 Å². The van der Waals surface area contributed by atoms with E-state index in [0.717, 1.165) is 5.69 Å². The van der Waals surface area contributed by atoms with Gasteiger partial charge >= 0.3 is 6.03 Å². The second-order valence-electron chi connectivity index (χ2n) is 5.62. The van der Waals surface area contributed by atoms with E-state index in [1.807, 2.05) is 6.92 Å². The molecule has 0 saturated carbocycles. The van der Waals surface area contributed by atoms with Crippen molar-refractivity contribution in [3.05, 3.63) is 35.0 Å². The molecule has 126 valence electrons. The summed E-state index contributed by atoms with van der Waals surface area (Å²) >= 11 is 0. The Morgan fingerprint density at radius 2 is 2.20 bits per heavy atom. The Morgan fingerprint density at radius 3 is 2.92 bits per heavy atom. The molecule has 1 aromatic carbocycles. The quantitative estimate of drug-likeness (QED) is 0.419. The monoisotopic (exact) mass is 338 g/mol. The number of carbonyl (C=O) groups excluding carboxylic acids is 1. The van der Waals surface area contributed by atoms with Crippen molar-refractivity contribution in [2.24, 2.45) is 5.18 Å². The molecule has 9 nitrogen and oxygen atoms in total. The lowest BCUT2D eigenvalue weighted by molar-refractivity contribution is 0.254. The van der Waals surface area contributed by atoms with Crippen molar-refractivity contribution in [1.82, 2.24) is 19.7 Å². The summed E-state index contributed by atoms with van der Waals surface area (Å²) in [6.07, 6.45) is 1.70. The highest BCUT2D eigenvalue weighted by Gasteiger charge is 2.27. The van der Waals surface area contributed by atoms with E-state index in [4.69, 9.17) is 0 Å². The third-order valence-corrected chi connectivity index (χ3v) is 4.22. The first kappa shape index (κ1) is 14.9. The molecule has 0 saturated heterocycles.